The van der Waals surface area contributed by atoms with Crippen LogP contribution in [0.5, 0.6) is 11.5 Å². The summed E-state index contributed by atoms with van der Waals surface area (Å²) in [5, 5.41) is 4.97. The number of ether oxygens (including phenoxy) is 2. The molecular weight excluding hydrogens is 354 g/mol. The van der Waals surface area contributed by atoms with Crippen LogP contribution in [0.15, 0.2) is 29.8 Å². The maximum atomic E-state index is 13.2. The van der Waals surface area contributed by atoms with E-state index in [2.05, 4.69) is 10.3 Å². The van der Waals surface area contributed by atoms with E-state index in [-0.39, 0.29) is 24.3 Å². The molecule has 2 amide bonds. The van der Waals surface area contributed by atoms with Gasteiger partial charge in [0.1, 0.15) is 23.6 Å². The van der Waals surface area contributed by atoms with Crippen LogP contribution in [0.4, 0.5) is 5.13 Å². The van der Waals surface area contributed by atoms with Crippen molar-refractivity contribution < 1.29 is 19.1 Å². The zero-order chi connectivity index (χ0) is 19.1. The molecule has 1 aromatic heterocycles. The molecule has 8 heteroatoms. The summed E-state index contributed by atoms with van der Waals surface area (Å²) in [7, 11) is 2.99. The van der Waals surface area contributed by atoms with Crippen molar-refractivity contribution in [2.45, 2.75) is 13.8 Å². The van der Waals surface area contributed by atoms with Crippen LogP contribution in [0.3, 0.4) is 0 Å². The number of carbonyl (C=O) groups excluding carboxylic acids is 2. The minimum Gasteiger partial charge on any atom is -0.496 e. The van der Waals surface area contributed by atoms with E-state index in [1.54, 1.807) is 29.8 Å². The van der Waals surface area contributed by atoms with Gasteiger partial charge in [0.25, 0.3) is 5.91 Å². The monoisotopic (exact) mass is 377 g/mol. The van der Waals surface area contributed by atoms with Crippen molar-refractivity contribution in [1.82, 2.24) is 9.88 Å². The molecule has 0 atom stereocenters. The Hall–Kier alpha value is -2.61. The third-order valence-electron chi connectivity index (χ3n) is 3.53. The van der Waals surface area contributed by atoms with E-state index < -0.39 is 0 Å². The molecule has 0 radical (unpaired) electrons. The summed E-state index contributed by atoms with van der Waals surface area (Å²) >= 11 is 1.32. The van der Waals surface area contributed by atoms with E-state index in [0.717, 1.165) is 0 Å². The Bertz CT molecular complexity index is 725. The Labute approximate surface area is 156 Å². The molecule has 0 aliphatic heterocycles. The minimum absolute atomic E-state index is 0.0855. The van der Waals surface area contributed by atoms with Crippen molar-refractivity contribution in [3.63, 3.8) is 0 Å². The van der Waals surface area contributed by atoms with Gasteiger partial charge in [-0.2, -0.15) is 0 Å². The topological polar surface area (TPSA) is 80.8 Å². The molecule has 0 aliphatic rings. The van der Waals surface area contributed by atoms with E-state index in [1.807, 2.05) is 13.8 Å². The number of amides is 2. The lowest BCUT2D eigenvalue weighted by molar-refractivity contribution is -0.117. The largest absolute Gasteiger partial charge is 0.496 e. The molecule has 140 valence electrons. The summed E-state index contributed by atoms with van der Waals surface area (Å²) in [4.78, 5) is 31.0. The van der Waals surface area contributed by atoms with Gasteiger partial charge in [0.05, 0.1) is 14.2 Å². The van der Waals surface area contributed by atoms with E-state index in [9.17, 15) is 9.59 Å². The molecule has 26 heavy (non-hydrogen) atoms. The van der Waals surface area contributed by atoms with Crippen LogP contribution in [0.25, 0.3) is 0 Å². The number of aromatic nitrogens is 1. The molecule has 1 aromatic carbocycles. The lowest BCUT2D eigenvalue weighted by Crippen LogP contribution is -2.40. The van der Waals surface area contributed by atoms with Crippen molar-refractivity contribution >= 4 is 28.3 Å². The minimum atomic E-state index is -0.317. The number of anilines is 1. The summed E-state index contributed by atoms with van der Waals surface area (Å²) in [6.07, 6.45) is 1.61. The van der Waals surface area contributed by atoms with Crippen molar-refractivity contribution in [1.29, 1.82) is 0 Å². The molecule has 1 heterocycles. The zero-order valence-electron chi connectivity index (χ0n) is 15.3. The van der Waals surface area contributed by atoms with E-state index in [4.69, 9.17) is 9.47 Å². The van der Waals surface area contributed by atoms with Crippen LogP contribution in [0.2, 0.25) is 0 Å². The predicted molar refractivity (Wildman–Crippen MR) is 101 cm³/mol. The number of carbonyl (C=O) groups is 2. The van der Waals surface area contributed by atoms with Crippen LogP contribution in [-0.2, 0) is 4.79 Å². The van der Waals surface area contributed by atoms with E-state index >= 15 is 0 Å². The van der Waals surface area contributed by atoms with Gasteiger partial charge in [-0.1, -0.05) is 19.9 Å². The number of methoxy groups -OCH3 is 2. The summed E-state index contributed by atoms with van der Waals surface area (Å²) in [5.74, 6) is 0.379. The van der Waals surface area contributed by atoms with Crippen molar-refractivity contribution in [2.75, 3.05) is 32.6 Å². The van der Waals surface area contributed by atoms with Crippen LogP contribution in [0, 0.1) is 5.92 Å². The Morgan fingerprint density at radius 1 is 1.23 bits per heavy atom. The fourth-order valence-electron chi connectivity index (χ4n) is 2.50. The molecule has 0 spiro atoms. The van der Waals surface area contributed by atoms with Crippen molar-refractivity contribution in [3.05, 3.63) is 35.3 Å². The molecule has 0 bridgehead atoms. The second kappa shape index (κ2) is 9.19. The second-order valence-corrected chi connectivity index (χ2v) is 6.90. The molecule has 2 rings (SSSR count). The van der Waals surface area contributed by atoms with E-state index in [0.29, 0.717) is 28.7 Å². The summed E-state index contributed by atoms with van der Waals surface area (Å²) in [6.45, 7) is 4.31. The van der Waals surface area contributed by atoms with Gasteiger partial charge in [0.2, 0.25) is 5.91 Å². The Morgan fingerprint density at radius 2 is 1.88 bits per heavy atom. The van der Waals surface area contributed by atoms with Crippen LogP contribution in [-0.4, -0.2) is 49.0 Å². The van der Waals surface area contributed by atoms with Crippen LogP contribution >= 0.6 is 11.3 Å². The van der Waals surface area contributed by atoms with Gasteiger partial charge in [-0.3, -0.25) is 9.59 Å². The standard InChI is InChI=1S/C18H23N3O4S/c1-12(2)10-21(11-15(22)20-18-19-8-9-26-18)17(23)16-13(24-3)6-5-7-14(16)25-4/h5-9,12H,10-11H2,1-4H3,(H,19,20,22). The number of nitrogens with zero attached hydrogens (tertiary/aromatic N) is 2. The van der Waals surface area contributed by atoms with Crippen LogP contribution in [0.1, 0.15) is 24.2 Å². The predicted octanol–water partition coefficient (Wildman–Crippen LogP) is 2.90. The van der Waals surface area contributed by atoms with Gasteiger partial charge in [0, 0.05) is 18.1 Å². The van der Waals surface area contributed by atoms with Gasteiger partial charge in [-0.15, -0.1) is 11.3 Å². The Kier molecular flexibility index (Phi) is 6.97. The van der Waals surface area contributed by atoms with Gasteiger partial charge in [-0.25, -0.2) is 4.98 Å². The molecule has 0 unspecified atom stereocenters. The number of benzene rings is 1. The SMILES string of the molecule is COc1cccc(OC)c1C(=O)N(CC(=O)Nc1nccs1)CC(C)C. The molecule has 0 saturated carbocycles. The normalized spacial score (nSPS) is 10.5. The Morgan fingerprint density at radius 3 is 2.38 bits per heavy atom. The van der Waals surface area contributed by atoms with Crippen molar-refractivity contribution in [2.24, 2.45) is 5.92 Å². The first kappa shape index (κ1) is 19.7. The third kappa shape index (κ3) is 4.95. The van der Waals surface area contributed by atoms with E-state index in [1.165, 1.54) is 30.5 Å². The summed E-state index contributed by atoms with van der Waals surface area (Å²) < 4.78 is 10.6. The first-order valence-corrected chi connectivity index (χ1v) is 9.03. The van der Waals surface area contributed by atoms with Gasteiger partial charge in [-0.05, 0) is 18.1 Å². The molecule has 7 nitrogen and oxygen atoms in total. The smallest absolute Gasteiger partial charge is 0.261 e. The fraction of sp³-hybridized carbons (Fsp3) is 0.389. The van der Waals surface area contributed by atoms with Gasteiger partial charge >= 0.3 is 0 Å². The lowest BCUT2D eigenvalue weighted by Gasteiger charge is -2.25. The average Bonchev–Trinajstić information content (AvgIpc) is 3.12. The maximum absolute atomic E-state index is 13.2. The van der Waals surface area contributed by atoms with Crippen molar-refractivity contribution in [3.8, 4) is 11.5 Å². The third-order valence-corrected chi connectivity index (χ3v) is 4.22. The number of hydrogen-bond donors (Lipinski definition) is 1. The maximum Gasteiger partial charge on any atom is 0.261 e. The molecule has 2 aromatic rings. The second-order valence-electron chi connectivity index (χ2n) is 6.00. The number of nitrogens with one attached hydrogen (secondary N) is 1. The molecule has 0 aliphatic carbocycles. The number of rotatable bonds is 8. The average molecular weight is 377 g/mol. The Balaban J connectivity index is 2.26. The first-order valence-electron chi connectivity index (χ1n) is 8.15. The summed E-state index contributed by atoms with van der Waals surface area (Å²) in [6, 6.07) is 5.13. The quantitative estimate of drug-likeness (QED) is 0.765. The molecule has 0 fully saturated rings. The number of thiazole rings is 1. The highest BCUT2D eigenvalue weighted by Gasteiger charge is 2.26. The highest BCUT2D eigenvalue weighted by atomic mass is 32.1. The lowest BCUT2D eigenvalue weighted by atomic mass is 10.1. The highest BCUT2D eigenvalue weighted by Crippen LogP contribution is 2.29. The van der Waals surface area contributed by atoms with Crippen LogP contribution < -0.4 is 14.8 Å². The first-order chi connectivity index (χ1) is 12.5. The number of hydrogen-bond acceptors (Lipinski definition) is 6. The zero-order valence-corrected chi connectivity index (χ0v) is 16.1. The fourth-order valence-corrected chi connectivity index (χ4v) is 3.04. The van der Waals surface area contributed by atoms with Gasteiger partial charge in [0.15, 0.2) is 5.13 Å². The highest BCUT2D eigenvalue weighted by molar-refractivity contribution is 7.13. The molecular formula is C18H23N3O4S. The molecule has 1 N–H and O–H groups in total. The van der Waals surface area contributed by atoms with Gasteiger partial charge < -0.3 is 19.7 Å². The summed E-state index contributed by atoms with van der Waals surface area (Å²) in [5.41, 5.74) is 0.306. The molecule has 0 saturated heterocycles.